The van der Waals surface area contributed by atoms with Crippen LogP contribution in [0.5, 0.6) is 0 Å². The number of hydrogen-bond donors (Lipinski definition) is 1. The smallest absolute Gasteiger partial charge is 0.309 e. The van der Waals surface area contributed by atoms with Crippen molar-refractivity contribution >= 4 is 11.8 Å². The van der Waals surface area contributed by atoms with Crippen LogP contribution in [0.3, 0.4) is 0 Å². The number of allylic oxidation sites excluding steroid dienone is 1. The first-order valence-corrected chi connectivity index (χ1v) is 8.83. The minimum atomic E-state index is -0.153. The van der Waals surface area contributed by atoms with Gasteiger partial charge in [-0.05, 0) is 31.2 Å². The van der Waals surface area contributed by atoms with E-state index >= 15 is 0 Å². The number of benzene rings is 1. The van der Waals surface area contributed by atoms with Crippen molar-refractivity contribution in [3.63, 3.8) is 0 Å². The van der Waals surface area contributed by atoms with Gasteiger partial charge >= 0.3 is 5.97 Å². The molecule has 24 heavy (non-hydrogen) atoms. The Morgan fingerprint density at radius 1 is 1.33 bits per heavy atom. The number of nitrogens with two attached hydrogens (primary N) is 1. The highest BCUT2D eigenvalue weighted by Gasteiger charge is 2.13. The minimum Gasteiger partial charge on any atom is -0.461 e. The molecule has 130 valence electrons. The highest BCUT2D eigenvalue weighted by molar-refractivity contribution is 5.80. The van der Waals surface area contributed by atoms with Crippen LogP contribution in [0.25, 0.3) is 0 Å². The molecule has 2 atom stereocenters. The summed E-state index contributed by atoms with van der Waals surface area (Å²) in [5.41, 5.74) is 6.87. The summed E-state index contributed by atoms with van der Waals surface area (Å²) >= 11 is 0. The van der Waals surface area contributed by atoms with Gasteiger partial charge in [-0.25, -0.2) is 0 Å². The third-order valence-corrected chi connectivity index (χ3v) is 4.26. The number of aliphatic imine (C=N–C) groups is 1. The second-order valence-electron chi connectivity index (χ2n) is 6.46. The first-order chi connectivity index (χ1) is 11.6. The molecule has 0 amide bonds. The van der Waals surface area contributed by atoms with E-state index in [1.54, 1.807) is 0 Å². The fourth-order valence-corrected chi connectivity index (χ4v) is 2.74. The lowest BCUT2D eigenvalue weighted by Crippen LogP contribution is -2.14. The fraction of sp³-hybridized carbons (Fsp3) is 0.500. The van der Waals surface area contributed by atoms with Crippen LogP contribution in [-0.2, 0) is 16.1 Å². The minimum absolute atomic E-state index is 0.132. The number of esters is 1. The standard InChI is InChI=1S/C20H28N2O2/c1-16(20(23)24-15-17-10-3-2-4-11-17)9-5-6-12-18-13-7-8-14-19(21)22-18/h2-6,10-11,16,18H,7-9,12-15H2,1H3,(H2,21,22)/b6-5+. The van der Waals surface area contributed by atoms with Crippen LogP contribution in [-0.4, -0.2) is 17.8 Å². The summed E-state index contributed by atoms with van der Waals surface area (Å²) in [6, 6.07) is 10.0. The van der Waals surface area contributed by atoms with E-state index in [9.17, 15) is 4.79 Å². The average Bonchev–Trinajstić information content (AvgIpc) is 2.81. The Morgan fingerprint density at radius 3 is 2.92 bits per heavy atom. The Balaban J connectivity index is 1.68. The quantitative estimate of drug-likeness (QED) is 0.608. The molecule has 1 aromatic carbocycles. The van der Waals surface area contributed by atoms with Crippen molar-refractivity contribution < 1.29 is 9.53 Å². The molecule has 4 nitrogen and oxygen atoms in total. The van der Waals surface area contributed by atoms with Crippen molar-refractivity contribution in [2.24, 2.45) is 16.6 Å². The van der Waals surface area contributed by atoms with Crippen molar-refractivity contribution in [1.29, 1.82) is 0 Å². The lowest BCUT2D eigenvalue weighted by molar-refractivity contribution is -0.149. The van der Waals surface area contributed by atoms with Gasteiger partial charge in [0, 0.05) is 6.42 Å². The first-order valence-electron chi connectivity index (χ1n) is 8.83. The second-order valence-corrected chi connectivity index (χ2v) is 6.46. The maximum Gasteiger partial charge on any atom is 0.309 e. The predicted molar refractivity (Wildman–Crippen MR) is 97.7 cm³/mol. The summed E-state index contributed by atoms with van der Waals surface area (Å²) in [6.07, 6.45) is 10.1. The van der Waals surface area contributed by atoms with Crippen molar-refractivity contribution in [1.82, 2.24) is 0 Å². The number of nitrogens with zero attached hydrogens (tertiary/aromatic N) is 1. The van der Waals surface area contributed by atoms with Crippen LogP contribution in [0.4, 0.5) is 0 Å². The van der Waals surface area contributed by atoms with Crippen LogP contribution in [0.15, 0.2) is 47.5 Å². The van der Waals surface area contributed by atoms with Gasteiger partial charge in [-0.1, -0.05) is 55.8 Å². The normalized spacial score (nSPS) is 19.5. The molecule has 0 bridgehead atoms. The van der Waals surface area contributed by atoms with Crippen LogP contribution < -0.4 is 5.73 Å². The van der Waals surface area contributed by atoms with Gasteiger partial charge in [-0.3, -0.25) is 9.79 Å². The number of rotatable bonds is 7. The van der Waals surface area contributed by atoms with Crippen LogP contribution >= 0.6 is 0 Å². The molecule has 2 rings (SSSR count). The third kappa shape index (κ3) is 6.57. The molecule has 0 aromatic heterocycles. The summed E-state index contributed by atoms with van der Waals surface area (Å²) < 4.78 is 5.36. The molecule has 0 aliphatic carbocycles. The lowest BCUT2D eigenvalue weighted by Gasteiger charge is -2.10. The zero-order chi connectivity index (χ0) is 17.2. The van der Waals surface area contributed by atoms with Crippen molar-refractivity contribution in [2.45, 2.75) is 58.1 Å². The van der Waals surface area contributed by atoms with Gasteiger partial charge in [0.25, 0.3) is 0 Å². The second kappa shape index (κ2) is 9.91. The molecule has 4 heteroatoms. The molecule has 1 aliphatic rings. The molecule has 1 aromatic rings. The zero-order valence-corrected chi connectivity index (χ0v) is 14.5. The van der Waals surface area contributed by atoms with E-state index in [-0.39, 0.29) is 11.9 Å². The molecule has 0 fully saturated rings. The molecule has 0 radical (unpaired) electrons. The van der Waals surface area contributed by atoms with Gasteiger partial charge in [0.05, 0.1) is 17.8 Å². The number of carbonyl (C=O) groups excluding carboxylic acids is 1. The Morgan fingerprint density at radius 2 is 2.12 bits per heavy atom. The number of ether oxygens (including phenoxy) is 1. The third-order valence-electron chi connectivity index (χ3n) is 4.26. The monoisotopic (exact) mass is 328 g/mol. The van der Waals surface area contributed by atoms with Crippen LogP contribution in [0.1, 0.15) is 51.0 Å². The van der Waals surface area contributed by atoms with E-state index in [0.717, 1.165) is 37.1 Å². The van der Waals surface area contributed by atoms with E-state index in [1.165, 1.54) is 6.42 Å². The highest BCUT2D eigenvalue weighted by Crippen LogP contribution is 2.16. The Bertz CT molecular complexity index is 566. The number of carbonyl (C=O) groups is 1. The van der Waals surface area contributed by atoms with E-state index in [1.807, 2.05) is 37.3 Å². The summed E-state index contributed by atoms with van der Waals surface area (Å²) in [5, 5.41) is 0. The van der Waals surface area contributed by atoms with Gasteiger partial charge < -0.3 is 10.5 Å². The molecule has 2 N–H and O–H groups in total. The van der Waals surface area contributed by atoms with E-state index in [0.29, 0.717) is 19.1 Å². The first kappa shape index (κ1) is 18.2. The molecule has 0 saturated heterocycles. The van der Waals surface area contributed by atoms with Gasteiger partial charge in [0.2, 0.25) is 0 Å². The topological polar surface area (TPSA) is 64.7 Å². The van der Waals surface area contributed by atoms with Gasteiger partial charge in [-0.15, -0.1) is 0 Å². The average molecular weight is 328 g/mol. The van der Waals surface area contributed by atoms with Gasteiger partial charge in [0.15, 0.2) is 0 Å². The van der Waals surface area contributed by atoms with Crippen LogP contribution in [0.2, 0.25) is 0 Å². The molecule has 0 spiro atoms. The van der Waals surface area contributed by atoms with Crippen LogP contribution in [0, 0.1) is 5.92 Å². The molecular weight excluding hydrogens is 300 g/mol. The van der Waals surface area contributed by atoms with E-state index in [2.05, 4.69) is 17.1 Å². The van der Waals surface area contributed by atoms with Crippen molar-refractivity contribution in [3.05, 3.63) is 48.0 Å². The number of amidine groups is 1. The maximum atomic E-state index is 12.0. The lowest BCUT2D eigenvalue weighted by atomic mass is 10.0. The van der Waals surface area contributed by atoms with Gasteiger partial charge in [-0.2, -0.15) is 0 Å². The van der Waals surface area contributed by atoms with Crippen molar-refractivity contribution in [2.75, 3.05) is 0 Å². The molecule has 1 aliphatic heterocycles. The summed E-state index contributed by atoms with van der Waals surface area (Å²) in [5.74, 6) is 0.497. The molecule has 2 unspecified atom stereocenters. The largest absolute Gasteiger partial charge is 0.461 e. The number of hydrogen-bond acceptors (Lipinski definition) is 4. The highest BCUT2D eigenvalue weighted by atomic mass is 16.5. The van der Waals surface area contributed by atoms with E-state index < -0.39 is 0 Å². The summed E-state index contributed by atoms with van der Waals surface area (Å²) in [7, 11) is 0. The van der Waals surface area contributed by atoms with E-state index in [4.69, 9.17) is 10.5 Å². The molecule has 0 saturated carbocycles. The van der Waals surface area contributed by atoms with Gasteiger partial charge in [0.1, 0.15) is 6.61 Å². The SMILES string of the molecule is CC(C/C=C/CC1CCCCC(N)=N1)C(=O)OCc1ccccc1. The predicted octanol–water partition coefficient (Wildman–Crippen LogP) is 4.00. The Hall–Kier alpha value is -2.10. The summed E-state index contributed by atoms with van der Waals surface area (Å²) in [6.45, 7) is 2.24. The Kier molecular flexibility index (Phi) is 7.53. The maximum absolute atomic E-state index is 12.0. The zero-order valence-electron chi connectivity index (χ0n) is 14.5. The fourth-order valence-electron chi connectivity index (χ4n) is 2.74. The Labute approximate surface area is 144 Å². The molecular formula is C20H28N2O2. The molecule has 1 heterocycles. The van der Waals surface area contributed by atoms with Crippen molar-refractivity contribution in [3.8, 4) is 0 Å². The summed E-state index contributed by atoms with van der Waals surface area (Å²) in [4.78, 5) is 16.5.